The first-order chi connectivity index (χ1) is 7.06. The Morgan fingerprint density at radius 2 is 2.33 bits per heavy atom. The lowest BCUT2D eigenvalue weighted by Crippen LogP contribution is -1.99. The minimum Gasteiger partial charge on any atom is -0.258 e. The van der Waals surface area contributed by atoms with E-state index in [1.165, 1.54) is 0 Å². The molecule has 78 valence electrons. The lowest BCUT2D eigenvalue weighted by atomic mass is 10.2. The molecular weight excluding hydrogens is 208 g/mol. The smallest absolute Gasteiger partial charge is 0.258 e. The number of alkyl halides is 2. The molecule has 0 spiro atoms. The highest BCUT2D eigenvalue weighted by Gasteiger charge is 2.22. The van der Waals surface area contributed by atoms with Gasteiger partial charge < -0.3 is 0 Å². The van der Waals surface area contributed by atoms with Gasteiger partial charge in [0, 0.05) is 0 Å². The zero-order chi connectivity index (χ0) is 11.4. The van der Waals surface area contributed by atoms with E-state index in [4.69, 9.17) is 5.26 Å². The highest BCUT2D eigenvalue weighted by atomic mass is 19.3. The lowest BCUT2D eigenvalue weighted by Gasteiger charge is -2.02. The molecule has 1 rings (SSSR count). The van der Waals surface area contributed by atoms with Gasteiger partial charge in [-0.15, -0.1) is 0 Å². The maximum Gasteiger partial charge on any atom is 0.296 e. The number of nitro groups is 1. The van der Waals surface area contributed by atoms with Crippen LogP contribution in [0.25, 0.3) is 0 Å². The van der Waals surface area contributed by atoms with E-state index < -0.39 is 22.6 Å². The van der Waals surface area contributed by atoms with Gasteiger partial charge in [0.1, 0.15) is 6.20 Å². The third-order valence-corrected chi connectivity index (χ3v) is 1.66. The van der Waals surface area contributed by atoms with Crippen molar-refractivity contribution >= 4 is 5.69 Å². The Morgan fingerprint density at radius 1 is 1.67 bits per heavy atom. The fourth-order valence-electron chi connectivity index (χ4n) is 1.01. The van der Waals surface area contributed by atoms with Gasteiger partial charge in [0.05, 0.1) is 28.7 Å². The minimum atomic E-state index is -2.95. The summed E-state index contributed by atoms with van der Waals surface area (Å²) < 4.78 is 24.8. The summed E-state index contributed by atoms with van der Waals surface area (Å²) in [5, 5.41) is 18.7. The van der Waals surface area contributed by atoms with Crippen molar-refractivity contribution < 1.29 is 13.7 Å². The monoisotopic (exact) mass is 213 g/mol. The fraction of sp³-hybridized carbons (Fsp3) is 0.250. The number of hydrogen-bond donors (Lipinski definition) is 0. The van der Waals surface area contributed by atoms with E-state index >= 15 is 0 Å². The summed E-state index contributed by atoms with van der Waals surface area (Å²) in [5.41, 5.74) is -1.34. The molecule has 0 aliphatic rings. The second-order valence-corrected chi connectivity index (χ2v) is 2.63. The number of nitriles is 1. The normalized spacial score (nSPS) is 10.0. The van der Waals surface area contributed by atoms with E-state index in [9.17, 15) is 18.9 Å². The summed E-state index contributed by atoms with van der Waals surface area (Å²) in [4.78, 5) is 13.0. The number of hydrogen-bond acceptors (Lipinski definition) is 4. The predicted octanol–water partition coefficient (Wildman–Crippen LogP) is 1.99. The van der Waals surface area contributed by atoms with Crippen molar-refractivity contribution in [2.45, 2.75) is 12.8 Å². The van der Waals surface area contributed by atoms with E-state index in [2.05, 4.69) is 4.98 Å². The van der Waals surface area contributed by atoms with Crippen LogP contribution in [0.3, 0.4) is 0 Å². The first-order valence-corrected chi connectivity index (χ1v) is 3.84. The molecule has 1 aromatic rings. The Bertz CT molecular complexity index is 428. The van der Waals surface area contributed by atoms with E-state index in [0.717, 1.165) is 12.3 Å². The summed E-state index contributed by atoms with van der Waals surface area (Å²) in [7, 11) is 0. The van der Waals surface area contributed by atoms with Crippen LogP contribution in [0.2, 0.25) is 0 Å². The van der Waals surface area contributed by atoms with Gasteiger partial charge in [0.15, 0.2) is 0 Å². The van der Waals surface area contributed by atoms with Gasteiger partial charge in [0.2, 0.25) is 0 Å². The third kappa shape index (κ3) is 2.43. The Kier molecular flexibility index (Phi) is 3.23. The SMILES string of the molecule is N#CCc1cc(C(F)F)c([N+](=O)[O-])cn1. The average Bonchev–Trinajstić information content (AvgIpc) is 2.17. The fourth-order valence-corrected chi connectivity index (χ4v) is 1.01. The van der Waals surface area contributed by atoms with Crippen molar-refractivity contribution in [1.29, 1.82) is 5.26 Å². The molecule has 0 N–H and O–H groups in total. The molecule has 0 aliphatic carbocycles. The summed E-state index contributed by atoms with van der Waals surface area (Å²) in [5.74, 6) is 0. The van der Waals surface area contributed by atoms with Crippen LogP contribution in [-0.4, -0.2) is 9.91 Å². The number of aromatic nitrogens is 1. The number of pyridine rings is 1. The zero-order valence-corrected chi connectivity index (χ0v) is 7.35. The van der Waals surface area contributed by atoms with Crippen LogP contribution < -0.4 is 0 Å². The summed E-state index contributed by atoms with van der Waals surface area (Å²) in [6.07, 6.45) is -2.36. The van der Waals surface area contributed by atoms with Crippen molar-refractivity contribution in [3.05, 3.63) is 33.6 Å². The average molecular weight is 213 g/mol. The Hall–Kier alpha value is -2.10. The largest absolute Gasteiger partial charge is 0.296 e. The molecule has 1 aromatic heterocycles. The molecule has 15 heavy (non-hydrogen) atoms. The van der Waals surface area contributed by atoms with Crippen LogP contribution in [0, 0.1) is 21.4 Å². The minimum absolute atomic E-state index is 0.0957. The second-order valence-electron chi connectivity index (χ2n) is 2.63. The summed E-state index contributed by atoms with van der Waals surface area (Å²) in [6.45, 7) is 0. The van der Waals surface area contributed by atoms with Crippen LogP contribution in [0.1, 0.15) is 17.7 Å². The molecule has 0 fully saturated rings. The number of rotatable bonds is 3. The first-order valence-electron chi connectivity index (χ1n) is 3.84. The summed E-state index contributed by atoms with van der Waals surface area (Å²) >= 11 is 0. The number of halogens is 2. The Balaban J connectivity index is 3.22. The molecule has 1 heterocycles. The molecule has 0 aromatic carbocycles. The standard InChI is InChI=1S/C8H5F2N3O2/c9-8(10)6-3-5(1-2-11)12-4-7(6)13(14)15/h3-4,8H,1H2. The lowest BCUT2D eigenvalue weighted by molar-refractivity contribution is -0.386. The Morgan fingerprint density at radius 3 is 2.80 bits per heavy atom. The van der Waals surface area contributed by atoms with Crippen LogP contribution in [0.5, 0.6) is 0 Å². The molecule has 5 nitrogen and oxygen atoms in total. The van der Waals surface area contributed by atoms with Gasteiger partial charge in [-0.05, 0) is 6.07 Å². The Labute approximate surface area is 83.1 Å². The van der Waals surface area contributed by atoms with Crippen LogP contribution in [0.4, 0.5) is 14.5 Å². The van der Waals surface area contributed by atoms with Gasteiger partial charge >= 0.3 is 0 Å². The van der Waals surface area contributed by atoms with Gasteiger partial charge in [-0.25, -0.2) is 8.78 Å². The highest BCUT2D eigenvalue weighted by molar-refractivity contribution is 5.40. The zero-order valence-electron chi connectivity index (χ0n) is 7.35. The van der Waals surface area contributed by atoms with E-state index in [1.807, 2.05) is 0 Å². The van der Waals surface area contributed by atoms with E-state index in [-0.39, 0.29) is 12.1 Å². The van der Waals surface area contributed by atoms with Gasteiger partial charge in [0.25, 0.3) is 12.1 Å². The quantitative estimate of drug-likeness (QED) is 0.568. The molecule has 0 saturated heterocycles. The third-order valence-electron chi connectivity index (χ3n) is 1.66. The molecule has 7 heteroatoms. The molecule has 0 unspecified atom stereocenters. The predicted molar refractivity (Wildman–Crippen MR) is 45.2 cm³/mol. The topological polar surface area (TPSA) is 79.8 Å². The van der Waals surface area contributed by atoms with Gasteiger partial charge in [-0.3, -0.25) is 15.1 Å². The van der Waals surface area contributed by atoms with Crippen molar-refractivity contribution in [2.75, 3.05) is 0 Å². The van der Waals surface area contributed by atoms with Crippen molar-refractivity contribution in [3.8, 4) is 6.07 Å². The summed E-state index contributed by atoms with van der Waals surface area (Å²) in [6, 6.07) is 2.60. The van der Waals surface area contributed by atoms with Gasteiger partial charge in [-0.1, -0.05) is 0 Å². The van der Waals surface area contributed by atoms with Crippen molar-refractivity contribution in [1.82, 2.24) is 4.98 Å². The first kappa shape index (κ1) is 11.0. The molecule has 0 atom stereocenters. The molecule has 0 bridgehead atoms. The highest BCUT2D eigenvalue weighted by Crippen LogP contribution is 2.28. The molecule has 0 radical (unpaired) electrons. The molecule has 0 amide bonds. The molecule has 0 saturated carbocycles. The van der Waals surface area contributed by atoms with Crippen molar-refractivity contribution in [2.24, 2.45) is 0 Å². The van der Waals surface area contributed by atoms with Crippen LogP contribution in [-0.2, 0) is 6.42 Å². The molecule has 0 aliphatic heterocycles. The maximum absolute atomic E-state index is 12.4. The van der Waals surface area contributed by atoms with Crippen molar-refractivity contribution in [3.63, 3.8) is 0 Å². The van der Waals surface area contributed by atoms with E-state index in [1.54, 1.807) is 6.07 Å². The molecular formula is C8H5F2N3O2. The maximum atomic E-state index is 12.4. The second kappa shape index (κ2) is 4.41. The van der Waals surface area contributed by atoms with Gasteiger partial charge in [-0.2, -0.15) is 5.26 Å². The van der Waals surface area contributed by atoms with Crippen LogP contribution in [0.15, 0.2) is 12.3 Å². The number of nitrogens with zero attached hydrogens (tertiary/aromatic N) is 3. The van der Waals surface area contributed by atoms with E-state index in [0.29, 0.717) is 0 Å². The van der Waals surface area contributed by atoms with Crippen LogP contribution >= 0.6 is 0 Å².